The maximum atomic E-state index is 10.2. The molecule has 1 unspecified atom stereocenters. The van der Waals surface area contributed by atoms with E-state index in [4.69, 9.17) is 10.00 Å². The molecular weight excluding hydrogens is 366 g/mol. The Balaban J connectivity index is 1.45. The number of rotatable bonds is 9. The van der Waals surface area contributed by atoms with Crippen LogP contribution in [0.15, 0.2) is 48.5 Å². The van der Waals surface area contributed by atoms with Crippen molar-refractivity contribution in [3.05, 3.63) is 65.2 Å². The van der Waals surface area contributed by atoms with Crippen LogP contribution in [0.5, 0.6) is 5.75 Å². The SMILES string of the molecule is N#Cc1ccccc1OCC(O)CNCc1ccccc1CN1CCC(O)CC1. The van der Waals surface area contributed by atoms with Gasteiger partial charge in [-0.1, -0.05) is 36.4 Å². The Kier molecular flexibility index (Phi) is 8.03. The molecule has 1 aliphatic rings. The van der Waals surface area contributed by atoms with Crippen LogP contribution >= 0.6 is 0 Å². The summed E-state index contributed by atoms with van der Waals surface area (Å²) in [5, 5.41) is 32.3. The molecule has 1 fully saturated rings. The lowest BCUT2D eigenvalue weighted by molar-refractivity contribution is 0.0791. The highest BCUT2D eigenvalue weighted by Gasteiger charge is 2.17. The first-order valence-electron chi connectivity index (χ1n) is 10.1. The van der Waals surface area contributed by atoms with Gasteiger partial charge in [0, 0.05) is 32.7 Å². The molecular formula is C23H29N3O3. The van der Waals surface area contributed by atoms with Gasteiger partial charge in [-0.25, -0.2) is 0 Å². The highest BCUT2D eigenvalue weighted by molar-refractivity contribution is 5.42. The van der Waals surface area contributed by atoms with E-state index >= 15 is 0 Å². The van der Waals surface area contributed by atoms with Crippen LogP contribution in [0.25, 0.3) is 0 Å². The van der Waals surface area contributed by atoms with Gasteiger partial charge in [0.2, 0.25) is 0 Å². The predicted octanol–water partition coefficient (Wildman–Crippen LogP) is 2.04. The van der Waals surface area contributed by atoms with Gasteiger partial charge in [0.05, 0.1) is 11.7 Å². The van der Waals surface area contributed by atoms with Crippen LogP contribution in [0.2, 0.25) is 0 Å². The number of aliphatic hydroxyl groups excluding tert-OH is 2. The van der Waals surface area contributed by atoms with E-state index in [1.54, 1.807) is 24.3 Å². The fourth-order valence-corrected chi connectivity index (χ4v) is 3.51. The number of nitrogens with one attached hydrogen (secondary N) is 1. The van der Waals surface area contributed by atoms with Crippen molar-refractivity contribution in [3.8, 4) is 11.8 Å². The minimum absolute atomic E-state index is 0.128. The molecule has 29 heavy (non-hydrogen) atoms. The largest absolute Gasteiger partial charge is 0.489 e. The summed E-state index contributed by atoms with van der Waals surface area (Å²) in [6.45, 7) is 3.91. The van der Waals surface area contributed by atoms with Crippen molar-refractivity contribution < 1.29 is 14.9 Å². The highest BCUT2D eigenvalue weighted by atomic mass is 16.5. The van der Waals surface area contributed by atoms with E-state index in [1.807, 2.05) is 12.1 Å². The summed E-state index contributed by atoms with van der Waals surface area (Å²) < 4.78 is 5.59. The monoisotopic (exact) mass is 395 g/mol. The fourth-order valence-electron chi connectivity index (χ4n) is 3.51. The van der Waals surface area contributed by atoms with Crippen molar-refractivity contribution in [2.45, 2.75) is 38.1 Å². The zero-order valence-electron chi connectivity index (χ0n) is 16.6. The Morgan fingerprint density at radius 1 is 1.10 bits per heavy atom. The third kappa shape index (κ3) is 6.55. The molecule has 0 aliphatic carbocycles. The lowest BCUT2D eigenvalue weighted by atomic mass is 10.0. The molecule has 6 nitrogen and oxygen atoms in total. The quantitative estimate of drug-likeness (QED) is 0.602. The molecule has 0 radical (unpaired) electrons. The van der Waals surface area contributed by atoms with E-state index in [1.165, 1.54) is 11.1 Å². The second-order valence-corrected chi connectivity index (χ2v) is 7.48. The molecule has 3 N–H and O–H groups in total. The molecule has 0 bridgehead atoms. The number of benzene rings is 2. The van der Waals surface area contributed by atoms with E-state index in [0.29, 0.717) is 24.4 Å². The molecule has 0 aromatic heterocycles. The van der Waals surface area contributed by atoms with Gasteiger partial charge in [0.15, 0.2) is 0 Å². The molecule has 1 heterocycles. The van der Waals surface area contributed by atoms with Gasteiger partial charge in [-0.3, -0.25) is 4.90 Å². The summed E-state index contributed by atoms with van der Waals surface area (Å²) in [4.78, 5) is 2.38. The van der Waals surface area contributed by atoms with Crippen molar-refractivity contribution in [2.24, 2.45) is 0 Å². The number of nitriles is 1. The van der Waals surface area contributed by atoms with E-state index in [2.05, 4.69) is 28.4 Å². The van der Waals surface area contributed by atoms with E-state index < -0.39 is 6.10 Å². The van der Waals surface area contributed by atoms with E-state index in [0.717, 1.165) is 32.5 Å². The number of nitrogens with zero attached hydrogens (tertiary/aromatic N) is 2. The average molecular weight is 396 g/mol. The molecule has 154 valence electrons. The summed E-state index contributed by atoms with van der Waals surface area (Å²) in [7, 11) is 0. The van der Waals surface area contributed by atoms with Crippen molar-refractivity contribution in [2.75, 3.05) is 26.2 Å². The first-order valence-corrected chi connectivity index (χ1v) is 10.1. The molecule has 1 atom stereocenters. The molecule has 3 rings (SSSR count). The van der Waals surface area contributed by atoms with Crippen LogP contribution in [0.1, 0.15) is 29.5 Å². The summed E-state index contributed by atoms with van der Waals surface area (Å²) in [5.41, 5.74) is 2.94. The smallest absolute Gasteiger partial charge is 0.137 e. The number of aliphatic hydroxyl groups is 2. The number of piperidine rings is 1. The maximum Gasteiger partial charge on any atom is 0.137 e. The Labute approximate surface area is 172 Å². The van der Waals surface area contributed by atoms with Gasteiger partial charge < -0.3 is 20.3 Å². The third-order valence-corrected chi connectivity index (χ3v) is 5.20. The second-order valence-electron chi connectivity index (χ2n) is 7.48. The maximum absolute atomic E-state index is 10.2. The summed E-state index contributed by atoms with van der Waals surface area (Å²) in [6.07, 6.45) is 0.841. The first-order chi connectivity index (χ1) is 14.2. The van der Waals surface area contributed by atoms with E-state index in [-0.39, 0.29) is 12.7 Å². The first kappa shape index (κ1) is 21.3. The Hall–Kier alpha value is -2.43. The lowest BCUT2D eigenvalue weighted by Gasteiger charge is -2.30. The van der Waals surface area contributed by atoms with Gasteiger partial charge in [0.25, 0.3) is 0 Å². The zero-order chi connectivity index (χ0) is 20.5. The predicted molar refractivity (Wildman–Crippen MR) is 111 cm³/mol. The molecule has 1 aliphatic heterocycles. The van der Waals surface area contributed by atoms with Crippen molar-refractivity contribution in [1.29, 1.82) is 5.26 Å². The van der Waals surface area contributed by atoms with Crippen LogP contribution in [-0.4, -0.2) is 53.6 Å². The number of ether oxygens (including phenoxy) is 1. The molecule has 2 aromatic rings. The number of hydrogen-bond acceptors (Lipinski definition) is 6. The van der Waals surface area contributed by atoms with Crippen LogP contribution in [0.4, 0.5) is 0 Å². The van der Waals surface area contributed by atoms with Crippen LogP contribution in [0.3, 0.4) is 0 Å². The van der Waals surface area contributed by atoms with Gasteiger partial charge in [-0.15, -0.1) is 0 Å². The summed E-state index contributed by atoms with van der Waals surface area (Å²) in [6, 6.07) is 17.4. The normalized spacial score (nSPS) is 16.3. The van der Waals surface area contributed by atoms with Gasteiger partial charge in [-0.2, -0.15) is 5.26 Å². The third-order valence-electron chi connectivity index (χ3n) is 5.20. The van der Waals surface area contributed by atoms with Crippen molar-refractivity contribution >= 4 is 0 Å². The average Bonchev–Trinajstić information content (AvgIpc) is 2.75. The van der Waals surface area contributed by atoms with Gasteiger partial charge >= 0.3 is 0 Å². The standard InChI is InChI=1S/C23H29N3O3/c24-13-18-5-3-4-8-23(18)29-17-22(28)15-25-14-19-6-1-2-7-20(19)16-26-11-9-21(27)10-12-26/h1-8,21-22,25,27-28H,9-12,14-17H2. The number of para-hydroxylation sites is 1. The van der Waals surface area contributed by atoms with Gasteiger partial charge in [0.1, 0.15) is 24.5 Å². The topological polar surface area (TPSA) is 88.8 Å². The minimum atomic E-state index is -0.669. The lowest BCUT2D eigenvalue weighted by Crippen LogP contribution is -2.36. The molecule has 0 spiro atoms. The Bertz CT molecular complexity index is 813. The fraction of sp³-hybridized carbons (Fsp3) is 0.435. The minimum Gasteiger partial charge on any atom is -0.489 e. The summed E-state index contributed by atoms with van der Waals surface area (Å²) >= 11 is 0. The number of likely N-dealkylation sites (tertiary alicyclic amines) is 1. The molecule has 1 saturated heterocycles. The molecule has 6 heteroatoms. The van der Waals surface area contributed by atoms with Crippen LogP contribution in [-0.2, 0) is 13.1 Å². The number of hydrogen-bond donors (Lipinski definition) is 3. The molecule has 0 saturated carbocycles. The highest BCUT2D eigenvalue weighted by Crippen LogP contribution is 2.18. The second kappa shape index (κ2) is 10.9. The summed E-state index contributed by atoms with van der Waals surface area (Å²) in [5.74, 6) is 0.492. The van der Waals surface area contributed by atoms with Crippen LogP contribution in [0, 0.1) is 11.3 Å². The Morgan fingerprint density at radius 3 is 2.55 bits per heavy atom. The molecule has 0 amide bonds. The van der Waals surface area contributed by atoms with Gasteiger partial charge in [-0.05, 0) is 36.1 Å². The van der Waals surface area contributed by atoms with E-state index in [9.17, 15) is 10.2 Å². The Morgan fingerprint density at radius 2 is 1.79 bits per heavy atom. The zero-order valence-corrected chi connectivity index (χ0v) is 16.6. The van der Waals surface area contributed by atoms with Crippen molar-refractivity contribution in [3.63, 3.8) is 0 Å². The molecule has 2 aromatic carbocycles. The van der Waals surface area contributed by atoms with Crippen molar-refractivity contribution in [1.82, 2.24) is 10.2 Å². The van der Waals surface area contributed by atoms with Crippen LogP contribution < -0.4 is 10.1 Å².